The van der Waals surface area contributed by atoms with Crippen LogP contribution in [0.25, 0.3) is 10.1 Å². The molecule has 0 atom stereocenters. The number of thiophene rings is 1. The number of ketones is 1. The van der Waals surface area contributed by atoms with Gasteiger partial charge in [0, 0.05) is 16.8 Å². The predicted octanol–water partition coefficient (Wildman–Crippen LogP) is 4.13. The molecule has 0 saturated heterocycles. The zero-order valence-corrected chi connectivity index (χ0v) is 11.8. The fourth-order valence-corrected chi connectivity index (χ4v) is 3.16. The molecule has 0 saturated carbocycles. The summed E-state index contributed by atoms with van der Waals surface area (Å²) in [6.07, 6.45) is 0.490. The molecule has 1 aromatic heterocycles. The molecule has 0 bridgehead atoms. The smallest absolute Gasteiger partial charge is 0.156 e. The van der Waals surface area contributed by atoms with Crippen LogP contribution in [0.1, 0.15) is 5.56 Å². The lowest BCUT2D eigenvalue weighted by Gasteiger charge is -2.05. The van der Waals surface area contributed by atoms with Crippen molar-refractivity contribution >= 4 is 32.9 Å². The maximum absolute atomic E-state index is 12.1. The molecule has 0 radical (unpaired) electrons. The second-order valence-corrected chi connectivity index (χ2v) is 5.60. The third-order valence-corrected chi connectivity index (χ3v) is 4.22. The molecule has 2 aromatic carbocycles. The zero-order chi connectivity index (χ0) is 13.8. The minimum Gasteiger partial charge on any atom is -0.378 e. The molecule has 1 N–H and O–H groups in total. The van der Waals surface area contributed by atoms with E-state index >= 15 is 0 Å². The van der Waals surface area contributed by atoms with Gasteiger partial charge in [-0.05, 0) is 34.5 Å². The van der Waals surface area contributed by atoms with E-state index in [-0.39, 0.29) is 5.78 Å². The number of para-hydroxylation sites is 1. The monoisotopic (exact) mass is 281 g/mol. The highest BCUT2D eigenvalue weighted by Gasteiger charge is 2.08. The Hall–Kier alpha value is -2.13. The Balaban J connectivity index is 1.64. The number of Topliss-reactive ketones (excluding diaryl/α,β-unsaturated/α-hetero) is 1. The standard InChI is InChI=1S/C17H15NOS/c19-15(11-18-14-6-2-1-3-7-14)10-13-12-20-17-9-5-4-8-16(13)17/h1-9,12,18H,10-11H2. The van der Waals surface area contributed by atoms with E-state index in [1.807, 2.05) is 42.5 Å². The first kappa shape index (κ1) is 12.9. The number of nitrogens with one attached hydrogen (secondary N) is 1. The Morgan fingerprint density at radius 3 is 2.60 bits per heavy atom. The van der Waals surface area contributed by atoms with Gasteiger partial charge in [0.2, 0.25) is 0 Å². The number of benzene rings is 2. The predicted molar refractivity (Wildman–Crippen MR) is 85.5 cm³/mol. The van der Waals surface area contributed by atoms with Crippen LogP contribution in [0.5, 0.6) is 0 Å². The van der Waals surface area contributed by atoms with E-state index in [4.69, 9.17) is 0 Å². The van der Waals surface area contributed by atoms with Crippen LogP contribution in [0.3, 0.4) is 0 Å². The van der Waals surface area contributed by atoms with Crippen molar-refractivity contribution in [3.63, 3.8) is 0 Å². The van der Waals surface area contributed by atoms with Crippen molar-refractivity contribution in [2.24, 2.45) is 0 Å². The number of carbonyl (C=O) groups is 1. The maximum atomic E-state index is 12.1. The summed E-state index contributed by atoms with van der Waals surface area (Å²) in [5.74, 6) is 0.206. The first-order valence-electron chi connectivity index (χ1n) is 6.58. The molecule has 1 heterocycles. The van der Waals surface area contributed by atoms with Gasteiger partial charge in [-0.15, -0.1) is 11.3 Å². The first-order chi connectivity index (χ1) is 9.83. The summed E-state index contributed by atoms with van der Waals surface area (Å²) in [4.78, 5) is 12.1. The van der Waals surface area contributed by atoms with Gasteiger partial charge < -0.3 is 5.32 Å². The average molecular weight is 281 g/mol. The van der Waals surface area contributed by atoms with Gasteiger partial charge in [0.1, 0.15) is 0 Å². The van der Waals surface area contributed by atoms with Crippen LogP contribution in [0.2, 0.25) is 0 Å². The lowest BCUT2D eigenvalue weighted by atomic mass is 10.1. The molecule has 0 aliphatic carbocycles. The Bertz CT molecular complexity index is 718. The molecule has 0 fully saturated rings. The van der Waals surface area contributed by atoms with Crippen LogP contribution in [0.4, 0.5) is 5.69 Å². The number of carbonyl (C=O) groups excluding carboxylic acids is 1. The third kappa shape index (κ3) is 2.89. The summed E-state index contributed by atoms with van der Waals surface area (Å²) >= 11 is 1.70. The van der Waals surface area contributed by atoms with Gasteiger partial charge in [-0.25, -0.2) is 0 Å². The molecular weight excluding hydrogens is 266 g/mol. The quantitative estimate of drug-likeness (QED) is 0.762. The lowest BCUT2D eigenvalue weighted by molar-refractivity contribution is -0.116. The summed E-state index contributed by atoms with van der Waals surface area (Å²) in [5, 5.41) is 6.45. The van der Waals surface area contributed by atoms with Gasteiger partial charge in [0.15, 0.2) is 5.78 Å². The Labute approximate surface area is 122 Å². The summed E-state index contributed by atoms with van der Waals surface area (Å²) in [5.41, 5.74) is 2.11. The number of fused-ring (bicyclic) bond motifs is 1. The van der Waals surface area contributed by atoms with E-state index in [2.05, 4.69) is 22.8 Å². The van der Waals surface area contributed by atoms with E-state index in [1.54, 1.807) is 11.3 Å². The van der Waals surface area contributed by atoms with Crippen molar-refractivity contribution in [3.05, 3.63) is 65.5 Å². The fraction of sp³-hybridized carbons (Fsp3) is 0.118. The molecule has 3 heteroatoms. The van der Waals surface area contributed by atoms with E-state index < -0.39 is 0 Å². The number of hydrogen-bond acceptors (Lipinski definition) is 3. The molecule has 3 rings (SSSR count). The normalized spacial score (nSPS) is 10.6. The van der Waals surface area contributed by atoms with Crippen molar-refractivity contribution in [1.29, 1.82) is 0 Å². The molecule has 0 aliphatic heterocycles. The molecule has 0 amide bonds. The molecular formula is C17H15NOS. The molecule has 20 heavy (non-hydrogen) atoms. The highest BCUT2D eigenvalue weighted by molar-refractivity contribution is 7.17. The number of anilines is 1. The van der Waals surface area contributed by atoms with Crippen molar-refractivity contribution < 1.29 is 4.79 Å². The molecule has 100 valence electrons. The molecule has 2 nitrogen and oxygen atoms in total. The summed E-state index contributed by atoms with van der Waals surface area (Å²) < 4.78 is 1.24. The third-order valence-electron chi connectivity index (χ3n) is 3.21. The van der Waals surface area contributed by atoms with Gasteiger partial charge in [0.25, 0.3) is 0 Å². The molecule has 0 spiro atoms. The van der Waals surface area contributed by atoms with Crippen molar-refractivity contribution in [2.75, 3.05) is 11.9 Å². The lowest BCUT2D eigenvalue weighted by Crippen LogP contribution is -2.15. The van der Waals surface area contributed by atoms with Crippen LogP contribution in [0.15, 0.2) is 60.0 Å². The molecule has 0 unspecified atom stereocenters. The Morgan fingerprint density at radius 2 is 1.75 bits per heavy atom. The van der Waals surface area contributed by atoms with Gasteiger partial charge >= 0.3 is 0 Å². The van der Waals surface area contributed by atoms with E-state index in [1.165, 1.54) is 10.1 Å². The van der Waals surface area contributed by atoms with Crippen LogP contribution in [-0.2, 0) is 11.2 Å². The summed E-state index contributed by atoms with van der Waals surface area (Å²) in [7, 11) is 0. The summed E-state index contributed by atoms with van der Waals surface area (Å²) in [6.45, 7) is 0.369. The van der Waals surface area contributed by atoms with Gasteiger partial charge in [-0.1, -0.05) is 36.4 Å². The van der Waals surface area contributed by atoms with Gasteiger partial charge in [0.05, 0.1) is 6.54 Å². The van der Waals surface area contributed by atoms with Crippen LogP contribution >= 0.6 is 11.3 Å². The van der Waals surface area contributed by atoms with Crippen LogP contribution in [0, 0.1) is 0 Å². The van der Waals surface area contributed by atoms with E-state index in [0.29, 0.717) is 13.0 Å². The van der Waals surface area contributed by atoms with Crippen molar-refractivity contribution in [1.82, 2.24) is 0 Å². The summed E-state index contributed by atoms with van der Waals surface area (Å²) in [6, 6.07) is 18.0. The average Bonchev–Trinajstić information content (AvgIpc) is 2.90. The highest BCUT2D eigenvalue weighted by Crippen LogP contribution is 2.26. The Morgan fingerprint density at radius 1 is 1.00 bits per heavy atom. The van der Waals surface area contributed by atoms with Crippen LogP contribution < -0.4 is 5.32 Å². The van der Waals surface area contributed by atoms with E-state index in [9.17, 15) is 4.79 Å². The van der Waals surface area contributed by atoms with Crippen molar-refractivity contribution in [3.8, 4) is 0 Å². The Kier molecular flexibility index (Phi) is 3.79. The number of hydrogen-bond donors (Lipinski definition) is 1. The zero-order valence-electron chi connectivity index (χ0n) is 11.0. The second kappa shape index (κ2) is 5.88. The largest absolute Gasteiger partial charge is 0.378 e. The van der Waals surface area contributed by atoms with Gasteiger partial charge in [-0.2, -0.15) is 0 Å². The number of rotatable bonds is 5. The second-order valence-electron chi connectivity index (χ2n) is 4.69. The topological polar surface area (TPSA) is 29.1 Å². The minimum absolute atomic E-state index is 0.206. The first-order valence-corrected chi connectivity index (χ1v) is 7.46. The molecule has 0 aliphatic rings. The highest BCUT2D eigenvalue weighted by atomic mass is 32.1. The van der Waals surface area contributed by atoms with Gasteiger partial charge in [-0.3, -0.25) is 4.79 Å². The van der Waals surface area contributed by atoms with E-state index in [0.717, 1.165) is 11.3 Å². The van der Waals surface area contributed by atoms with Crippen molar-refractivity contribution in [2.45, 2.75) is 6.42 Å². The molecule has 3 aromatic rings. The van der Waals surface area contributed by atoms with Crippen LogP contribution in [-0.4, -0.2) is 12.3 Å². The fourth-order valence-electron chi connectivity index (χ4n) is 2.20. The SMILES string of the molecule is O=C(CNc1ccccc1)Cc1csc2ccccc12. The maximum Gasteiger partial charge on any atom is 0.156 e. The minimum atomic E-state index is 0.206.